The summed E-state index contributed by atoms with van der Waals surface area (Å²) in [5.41, 5.74) is 0.953. The highest BCUT2D eigenvalue weighted by atomic mass is 32.2. The van der Waals surface area contributed by atoms with Gasteiger partial charge in [0.1, 0.15) is 17.2 Å². The number of likely N-dealkylation sites (N-methyl/N-ethyl adjacent to an activating group) is 1. The molecule has 3 aromatic rings. The second-order valence-electron chi connectivity index (χ2n) is 9.90. The Morgan fingerprint density at radius 3 is 2.64 bits per heavy atom. The number of benzene rings is 1. The number of nitrogens with zero attached hydrogens (tertiary/aromatic N) is 6. The predicted octanol–water partition coefficient (Wildman–Crippen LogP) is 3.18. The van der Waals surface area contributed by atoms with Gasteiger partial charge in [0.05, 0.1) is 25.8 Å². The molecule has 0 saturated heterocycles. The molecule has 0 atom stereocenters. The summed E-state index contributed by atoms with van der Waals surface area (Å²) in [6, 6.07) is 8.06. The van der Waals surface area contributed by atoms with Crippen LogP contribution in [0.5, 0.6) is 0 Å². The number of nitrogens with one attached hydrogen (secondary N) is 2. The molecule has 3 heterocycles. The molecule has 0 radical (unpaired) electrons. The van der Waals surface area contributed by atoms with Crippen molar-refractivity contribution in [3.05, 3.63) is 72.1 Å². The number of sulfonamides is 1. The van der Waals surface area contributed by atoms with Crippen molar-refractivity contribution in [2.75, 3.05) is 53.3 Å². The van der Waals surface area contributed by atoms with E-state index in [1.54, 1.807) is 25.2 Å². The first-order valence-corrected chi connectivity index (χ1v) is 15.1. The Morgan fingerprint density at radius 1 is 1.20 bits per heavy atom. The first-order valence-electron chi connectivity index (χ1n) is 13.3. The van der Waals surface area contributed by atoms with E-state index in [4.69, 9.17) is 0 Å². The minimum absolute atomic E-state index is 0.0521. The molecule has 2 aromatic heterocycles. The number of halogens is 3. The molecule has 12 nitrogen and oxygen atoms in total. The lowest BCUT2D eigenvalue weighted by Gasteiger charge is -2.20. The molecule has 0 unspecified atom stereocenters. The van der Waals surface area contributed by atoms with Crippen molar-refractivity contribution in [1.29, 1.82) is 0 Å². The van der Waals surface area contributed by atoms with Gasteiger partial charge in [0, 0.05) is 50.0 Å². The fourth-order valence-corrected chi connectivity index (χ4v) is 4.76. The fourth-order valence-electron chi connectivity index (χ4n) is 4.28. The average Bonchev–Trinajstić information content (AvgIpc) is 3.30. The number of hydrogen-bond donors (Lipinski definition) is 2. The van der Waals surface area contributed by atoms with E-state index < -0.39 is 27.6 Å². The lowest BCUT2D eigenvalue weighted by molar-refractivity contribution is -0.137. The molecule has 0 bridgehead atoms. The number of anilines is 5. The van der Waals surface area contributed by atoms with Gasteiger partial charge >= 0.3 is 6.18 Å². The van der Waals surface area contributed by atoms with Gasteiger partial charge in [-0.3, -0.25) is 13.9 Å². The maximum Gasteiger partial charge on any atom is 0.421 e. The van der Waals surface area contributed by atoms with Crippen LogP contribution in [-0.4, -0.2) is 73.5 Å². The van der Waals surface area contributed by atoms with Crippen LogP contribution in [0, 0.1) is 11.8 Å². The minimum Gasteiger partial charge on any atom is -0.365 e. The Hall–Kier alpha value is -5.17. The van der Waals surface area contributed by atoms with E-state index in [-0.39, 0.29) is 49.6 Å². The van der Waals surface area contributed by atoms with Crippen LogP contribution in [0.15, 0.2) is 55.4 Å². The van der Waals surface area contributed by atoms with E-state index in [0.29, 0.717) is 28.7 Å². The maximum atomic E-state index is 13.8. The Balaban J connectivity index is 1.52. The summed E-state index contributed by atoms with van der Waals surface area (Å²) in [7, 11) is -0.803. The van der Waals surface area contributed by atoms with Gasteiger partial charge in [-0.15, -0.1) is 0 Å². The molecular weight excluding hydrogens is 613 g/mol. The standard InChI is InChI=1S/C29H29F3N8O4S/c1-5-24(41)38(2)13-6-7-14-40-23-11-10-21(15-20(23)16-25(40)42)36-28-35-18-22(29(30,31)32)26(37-28)34-17-19-9-8-12-33-27(19)39(3)45(4,43)44/h5,8-12,15,18H,1,13-14,16-17H2,2-4H3,(H2,34,35,36,37). The Bertz CT molecular complexity index is 1800. The summed E-state index contributed by atoms with van der Waals surface area (Å²) >= 11 is 0. The van der Waals surface area contributed by atoms with E-state index in [0.717, 1.165) is 10.6 Å². The Kier molecular flexibility index (Phi) is 9.62. The third-order valence-electron chi connectivity index (χ3n) is 6.70. The topological polar surface area (TPSA) is 141 Å². The van der Waals surface area contributed by atoms with Gasteiger partial charge in [0.15, 0.2) is 0 Å². The van der Waals surface area contributed by atoms with Crippen LogP contribution in [0.1, 0.15) is 16.7 Å². The fraction of sp³-hybridized carbons (Fsp3) is 0.276. The third kappa shape index (κ3) is 7.87. The number of carbonyl (C=O) groups is 2. The van der Waals surface area contributed by atoms with E-state index in [1.807, 2.05) is 0 Å². The van der Waals surface area contributed by atoms with E-state index in [9.17, 15) is 31.2 Å². The number of aromatic nitrogens is 3. The zero-order chi connectivity index (χ0) is 32.9. The SMILES string of the molecule is C=CC(=O)N(C)CC#CCN1C(=O)Cc2cc(Nc3ncc(C(F)(F)F)c(NCc4cccnc4N(C)S(C)(=O)=O)n3)ccc21. The monoisotopic (exact) mass is 642 g/mol. The highest BCUT2D eigenvalue weighted by Gasteiger charge is 2.35. The van der Waals surface area contributed by atoms with Crippen LogP contribution in [0.3, 0.4) is 0 Å². The number of hydrogen-bond acceptors (Lipinski definition) is 9. The van der Waals surface area contributed by atoms with Crippen molar-refractivity contribution in [3.8, 4) is 11.8 Å². The van der Waals surface area contributed by atoms with Crippen molar-refractivity contribution < 1.29 is 31.2 Å². The summed E-state index contributed by atoms with van der Waals surface area (Å²) in [4.78, 5) is 39.0. The zero-order valence-corrected chi connectivity index (χ0v) is 25.3. The van der Waals surface area contributed by atoms with Crippen molar-refractivity contribution in [2.24, 2.45) is 0 Å². The first-order chi connectivity index (χ1) is 21.2. The largest absolute Gasteiger partial charge is 0.421 e. The van der Waals surface area contributed by atoms with E-state index in [2.05, 4.69) is 44.0 Å². The van der Waals surface area contributed by atoms with Crippen LogP contribution in [0.4, 0.5) is 42.1 Å². The van der Waals surface area contributed by atoms with Crippen LogP contribution in [0.2, 0.25) is 0 Å². The minimum atomic E-state index is -4.78. The lowest BCUT2D eigenvalue weighted by atomic mass is 10.1. The number of pyridine rings is 1. The number of fused-ring (bicyclic) bond motifs is 1. The molecule has 0 spiro atoms. The molecule has 4 rings (SSSR count). The van der Waals surface area contributed by atoms with E-state index >= 15 is 0 Å². The first kappa shape index (κ1) is 32.7. The van der Waals surface area contributed by atoms with Gasteiger partial charge in [0.2, 0.25) is 27.8 Å². The zero-order valence-electron chi connectivity index (χ0n) is 24.5. The van der Waals surface area contributed by atoms with Gasteiger partial charge in [0.25, 0.3) is 0 Å². The molecule has 2 amide bonds. The molecule has 2 N–H and O–H groups in total. The molecule has 0 saturated carbocycles. The molecular formula is C29H29F3N8O4S. The molecule has 1 aromatic carbocycles. The summed E-state index contributed by atoms with van der Waals surface area (Å²) in [6.07, 6.45) is -0.502. The second-order valence-corrected chi connectivity index (χ2v) is 11.9. The summed E-state index contributed by atoms with van der Waals surface area (Å²) in [5, 5.41) is 5.52. The second kappa shape index (κ2) is 13.2. The van der Waals surface area contributed by atoms with Crippen molar-refractivity contribution in [1.82, 2.24) is 19.9 Å². The Labute approximate surface area is 258 Å². The lowest BCUT2D eigenvalue weighted by Crippen LogP contribution is -2.27. The van der Waals surface area contributed by atoms with Crippen LogP contribution in [0.25, 0.3) is 0 Å². The normalized spacial score (nSPS) is 12.6. The quantitative estimate of drug-likeness (QED) is 0.252. The molecule has 1 aliphatic heterocycles. The summed E-state index contributed by atoms with van der Waals surface area (Å²) < 4.78 is 66.4. The van der Waals surface area contributed by atoms with Crippen LogP contribution >= 0.6 is 0 Å². The van der Waals surface area contributed by atoms with Gasteiger partial charge in [-0.1, -0.05) is 24.5 Å². The summed E-state index contributed by atoms with van der Waals surface area (Å²) in [6.45, 7) is 3.49. The predicted molar refractivity (Wildman–Crippen MR) is 163 cm³/mol. The van der Waals surface area contributed by atoms with Gasteiger partial charge in [-0.25, -0.2) is 18.4 Å². The average molecular weight is 643 g/mol. The molecule has 45 heavy (non-hydrogen) atoms. The van der Waals surface area contributed by atoms with Gasteiger partial charge in [-0.2, -0.15) is 18.2 Å². The molecule has 0 aliphatic carbocycles. The number of amides is 2. The molecule has 236 valence electrons. The van der Waals surface area contributed by atoms with Crippen molar-refractivity contribution in [3.63, 3.8) is 0 Å². The van der Waals surface area contributed by atoms with E-state index in [1.165, 1.54) is 41.3 Å². The highest BCUT2D eigenvalue weighted by molar-refractivity contribution is 7.92. The maximum absolute atomic E-state index is 13.8. The van der Waals surface area contributed by atoms with Crippen LogP contribution in [-0.2, 0) is 38.8 Å². The number of alkyl halides is 3. The van der Waals surface area contributed by atoms with Gasteiger partial charge < -0.3 is 20.4 Å². The molecule has 0 fully saturated rings. The van der Waals surface area contributed by atoms with Gasteiger partial charge in [-0.05, 0) is 35.9 Å². The third-order valence-corrected chi connectivity index (χ3v) is 7.87. The summed E-state index contributed by atoms with van der Waals surface area (Å²) in [5.74, 6) is 4.66. The van der Waals surface area contributed by atoms with Crippen molar-refractivity contribution >= 4 is 50.8 Å². The van der Waals surface area contributed by atoms with Crippen molar-refractivity contribution in [2.45, 2.75) is 19.1 Å². The number of rotatable bonds is 10. The Morgan fingerprint density at radius 2 is 1.96 bits per heavy atom. The highest BCUT2D eigenvalue weighted by Crippen LogP contribution is 2.35. The molecule has 1 aliphatic rings. The number of carbonyl (C=O) groups excluding carboxylic acids is 2. The smallest absolute Gasteiger partial charge is 0.365 e. The van der Waals surface area contributed by atoms with Crippen LogP contribution < -0.4 is 19.8 Å². The molecule has 16 heteroatoms.